The molecule has 3 atom stereocenters. The SMILES string of the molecule is COC(=O)C[C@@H]1CON(C(=O)OCc2ccccc2)[C@H](c2ccc(C)cc2)[C@H]1C=O. The molecule has 0 aliphatic carbocycles. The average molecular weight is 411 g/mol. The molecule has 0 spiro atoms. The molecule has 2 aromatic rings. The number of aryl methyl sites for hydroxylation is 1. The maximum atomic E-state index is 12.8. The third-order valence-corrected chi connectivity index (χ3v) is 5.21. The van der Waals surface area contributed by atoms with Crippen LogP contribution in [0.25, 0.3) is 0 Å². The highest BCUT2D eigenvalue weighted by Gasteiger charge is 2.44. The van der Waals surface area contributed by atoms with Gasteiger partial charge in [0.05, 0.1) is 26.2 Å². The summed E-state index contributed by atoms with van der Waals surface area (Å²) in [5.74, 6) is -1.50. The molecular weight excluding hydrogens is 386 g/mol. The Bertz CT molecular complexity index is 867. The van der Waals surface area contributed by atoms with E-state index in [-0.39, 0.29) is 19.6 Å². The lowest BCUT2D eigenvalue weighted by molar-refractivity contribution is -0.222. The van der Waals surface area contributed by atoms with Crippen molar-refractivity contribution in [2.24, 2.45) is 11.8 Å². The van der Waals surface area contributed by atoms with E-state index in [1.165, 1.54) is 7.11 Å². The molecule has 0 N–H and O–H groups in total. The van der Waals surface area contributed by atoms with Crippen LogP contribution in [0.15, 0.2) is 54.6 Å². The summed E-state index contributed by atoms with van der Waals surface area (Å²) in [7, 11) is 1.30. The van der Waals surface area contributed by atoms with E-state index in [0.717, 1.165) is 28.0 Å². The molecule has 7 heteroatoms. The van der Waals surface area contributed by atoms with Crippen molar-refractivity contribution in [3.8, 4) is 0 Å². The van der Waals surface area contributed by atoms with Gasteiger partial charge in [-0.15, -0.1) is 0 Å². The minimum Gasteiger partial charge on any atom is -0.469 e. The summed E-state index contributed by atoms with van der Waals surface area (Å²) >= 11 is 0. The van der Waals surface area contributed by atoms with Crippen molar-refractivity contribution >= 4 is 18.3 Å². The third kappa shape index (κ3) is 5.04. The molecule has 1 aliphatic rings. The number of methoxy groups -OCH3 is 1. The molecule has 3 rings (SSSR count). The molecule has 0 unspecified atom stereocenters. The van der Waals surface area contributed by atoms with Crippen molar-refractivity contribution < 1.29 is 28.7 Å². The highest BCUT2D eigenvalue weighted by Crippen LogP contribution is 2.39. The summed E-state index contributed by atoms with van der Waals surface area (Å²) in [5, 5.41) is 1.11. The molecule has 30 heavy (non-hydrogen) atoms. The first-order chi connectivity index (χ1) is 14.5. The van der Waals surface area contributed by atoms with Gasteiger partial charge >= 0.3 is 12.1 Å². The molecule has 0 radical (unpaired) electrons. The van der Waals surface area contributed by atoms with Crippen LogP contribution >= 0.6 is 0 Å². The highest BCUT2D eigenvalue weighted by atomic mass is 16.7. The molecule has 1 heterocycles. The zero-order valence-corrected chi connectivity index (χ0v) is 17.0. The molecule has 1 amide bonds. The summed E-state index contributed by atoms with van der Waals surface area (Å²) in [4.78, 5) is 42.4. The zero-order valence-electron chi connectivity index (χ0n) is 17.0. The summed E-state index contributed by atoms with van der Waals surface area (Å²) in [6.07, 6.45) is 0.112. The van der Waals surface area contributed by atoms with Gasteiger partial charge in [0.25, 0.3) is 0 Å². The summed E-state index contributed by atoms with van der Waals surface area (Å²) < 4.78 is 10.2. The fourth-order valence-electron chi connectivity index (χ4n) is 3.53. The number of hydrogen-bond acceptors (Lipinski definition) is 6. The molecule has 1 fully saturated rings. The first kappa shape index (κ1) is 21.5. The van der Waals surface area contributed by atoms with Crippen LogP contribution in [0.2, 0.25) is 0 Å². The first-order valence-electron chi connectivity index (χ1n) is 9.75. The van der Waals surface area contributed by atoms with Gasteiger partial charge in [-0.25, -0.2) is 4.79 Å². The second-order valence-electron chi connectivity index (χ2n) is 7.27. The molecule has 7 nitrogen and oxygen atoms in total. The Labute approximate surface area is 175 Å². The smallest absolute Gasteiger partial charge is 0.434 e. The third-order valence-electron chi connectivity index (χ3n) is 5.21. The number of nitrogens with zero attached hydrogens (tertiary/aromatic N) is 1. The fourth-order valence-corrected chi connectivity index (χ4v) is 3.53. The maximum Gasteiger partial charge on any atom is 0.434 e. The highest BCUT2D eigenvalue weighted by molar-refractivity contribution is 5.72. The summed E-state index contributed by atoms with van der Waals surface area (Å²) in [5.41, 5.74) is 2.61. The van der Waals surface area contributed by atoms with Gasteiger partial charge in [-0.1, -0.05) is 60.2 Å². The second-order valence-corrected chi connectivity index (χ2v) is 7.27. The van der Waals surface area contributed by atoms with Crippen LogP contribution in [0.4, 0.5) is 4.79 Å². The molecule has 2 aromatic carbocycles. The quantitative estimate of drug-likeness (QED) is 0.533. The standard InChI is InChI=1S/C23H25NO6/c1-16-8-10-18(11-9-16)22-20(13-25)19(12-21(26)28-2)15-30-24(22)23(27)29-14-17-6-4-3-5-7-17/h3-11,13,19-20,22H,12,14-15H2,1-2H3/t19-,20+,22-/m1/s1. The number of hydrogen-bond donors (Lipinski definition) is 0. The number of carbonyl (C=O) groups is 3. The van der Waals surface area contributed by atoms with E-state index >= 15 is 0 Å². The topological polar surface area (TPSA) is 82.1 Å². The van der Waals surface area contributed by atoms with Gasteiger partial charge in [0.2, 0.25) is 0 Å². The predicted octanol–water partition coefficient (Wildman–Crippen LogP) is 3.61. The van der Waals surface area contributed by atoms with Crippen LogP contribution in [0.1, 0.15) is 29.2 Å². The Balaban J connectivity index is 1.84. The minimum absolute atomic E-state index is 0.0230. The van der Waals surface area contributed by atoms with Gasteiger partial charge in [0.15, 0.2) is 0 Å². The van der Waals surface area contributed by atoms with E-state index < -0.39 is 29.9 Å². The lowest BCUT2D eigenvalue weighted by Gasteiger charge is -2.41. The Morgan fingerprint density at radius 2 is 1.83 bits per heavy atom. The van der Waals surface area contributed by atoms with Crippen molar-refractivity contribution in [3.05, 3.63) is 71.3 Å². The molecule has 158 valence electrons. The van der Waals surface area contributed by atoms with Gasteiger partial charge in [0.1, 0.15) is 12.9 Å². The Morgan fingerprint density at radius 1 is 1.13 bits per heavy atom. The molecule has 1 aliphatic heterocycles. The minimum atomic E-state index is -0.713. The number of amides is 1. The molecule has 0 saturated carbocycles. The number of carbonyl (C=O) groups excluding carboxylic acids is 3. The van der Waals surface area contributed by atoms with Crippen molar-refractivity contribution in [1.29, 1.82) is 0 Å². The lowest BCUT2D eigenvalue weighted by atomic mass is 9.81. The van der Waals surface area contributed by atoms with Gasteiger partial charge in [0, 0.05) is 11.8 Å². The van der Waals surface area contributed by atoms with Crippen LogP contribution in [-0.2, 0) is 30.5 Å². The van der Waals surface area contributed by atoms with Gasteiger partial charge < -0.3 is 14.3 Å². The number of rotatable bonds is 6. The monoisotopic (exact) mass is 411 g/mol. The lowest BCUT2D eigenvalue weighted by Crippen LogP contribution is -2.48. The maximum absolute atomic E-state index is 12.8. The Hall–Kier alpha value is -3.19. The van der Waals surface area contributed by atoms with Crippen molar-refractivity contribution in [2.75, 3.05) is 13.7 Å². The van der Waals surface area contributed by atoms with E-state index in [0.29, 0.717) is 0 Å². The molecular formula is C23H25NO6. The van der Waals surface area contributed by atoms with Crippen LogP contribution < -0.4 is 0 Å². The number of hydroxylamine groups is 2. The molecule has 0 bridgehead atoms. The second kappa shape index (κ2) is 10.0. The predicted molar refractivity (Wildman–Crippen MR) is 108 cm³/mol. The van der Waals surface area contributed by atoms with Crippen LogP contribution in [0.5, 0.6) is 0 Å². The zero-order chi connectivity index (χ0) is 21.5. The van der Waals surface area contributed by atoms with Gasteiger partial charge in [-0.3, -0.25) is 9.63 Å². The number of esters is 1. The van der Waals surface area contributed by atoms with E-state index in [9.17, 15) is 14.4 Å². The van der Waals surface area contributed by atoms with E-state index in [1.807, 2.05) is 61.5 Å². The molecule has 1 saturated heterocycles. The first-order valence-corrected chi connectivity index (χ1v) is 9.75. The number of benzene rings is 2. The Morgan fingerprint density at radius 3 is 2.47 bits per heavy atom. The summed E-state index contributed by atoms with van der Waals surface area (Å²) in [6, 6.07) is 16.1. The van der Waals surface area contributed by atoms with E-state index in [4.69, 9.17) is 14.3 Å². The largest absolute Gasteiger partial charge is 0.469 e. The summed E-state index contributed by atoms with van der Waals surface area (Å²) in [6.45, 7) is 2.06. The van der Waals surface area contributed by atoms with Crippen molar-refractivity contribution in [3.63, 3.8) is 0 Å². The molecule has 0 aromatic heterocycles. The van der Waals surface area contributed by atoms with Gasteiger partial charge in [-0.2, -0.15) is 5.06 Å². The van der Waals surface area contributed by atoms with Crippen LogP contribution in [-0.4, -0.2) is 37.1 Å². The normalized spacial score (nSPS) is 21.0. The van der Waals surface area contributed by atoms with Crippen molar-refractivity contribution in [1.82, 2.24) is 5.06 Å². The van der Waals surface area contributed by atoms with E-state index in [2.05, 4.69) is 0 Å². The van der Waals surface area contributed by atoms with Crippen molar-refractivity contribution in [2.45, 2.75) is 26.0 Å². The average Bonchev–Trinajstić information content (AvgIpc) is 2.78. The fraction of sp³-hybridized carbons (Fsp3) is 0.348. The Kier molecular flexibility index (Phi) is 7.19. The van der Waals surface area contributed by atoms with Crippen LogP contribution in [0, 0.1) is 18.8 Å². The van der Waals surface area contributed by atoms with Crippen LogP contribution in [0.3, 0.4) is 0 Å². The number of aldehydes is 1. The number of ether oxygens (including phenoxy) is 2. The van der Waals surface area contributed by atoms with Gasteiger partial charge in [-0.05, 0) is 18.1 Å². The van der Waals surface area contributed by atoms with E-state index in [1.54, 1.807) is 0 Å².